The van der Waals surface area contributed by atoms with Crippen LogP contribution in [0.15, 0.2) is 12.1 Å². The van der Waals surface area contributed by atoms with Gasteiger partial charge in [-0.15, -0.1) is 0 Å². The normalized spacial score (nSPS) is 11.8. The van der Waals surface area contributed by atoms with E-state index in [-0.39, 0.29) is 11.1 Å². The Balaban J connectivity index is 3.79. The molecule has 0 aromatic heterocycles. The number of aliphatic hydroxyl groups is 1. The Labute approximate surface area is 111 Å². The van der Waals surface area contributed by atoms with Crippen LogP contribution in [0.1, 0.15) is 29.7 Å². The molecule has 1 rings (SSSR count). The summed E-state index contributed by atoms with van der Waals surface area (Å²) in [5.41, 5.74) is -0.753. The van der Waals surface area contributed by atoms with Gasteiger partial charge in [0.05, 0.1) is 13.2 Å². The number of nitriles is 3. The van der Waals surface area contributed by atoms with Crippen LogP contribution in [0.5, 0.6) is 5.75 Å². The average molecular weight is 255 g/mol. The average Bonchev–Trinajstić information content (AvgIpc) is 2.40. The summed E-state index contributed by atoms with van der Waals surface area (Å²) >= 11 is 0. The van der Waals surface area contributed by atoms with Gasteiger partial charge >= 0.3 is 0 Å². The molecule has 5 nitrogen and oxygen atoms in total. The Hall–Kier alpha value is -2.55. The third-order valence-electron chi connectivity index (χ3n) is 2.83. The van der Waals surface area contributed by atoms with Crippen molar-refractivity contribution in [1.29, 1.82) is 15.8 Å². The molecule has 0 bridgehead atoms. The zero-order valence-corrected chi connectivity index (χ0v) is 10.9. The highest BCUT2D eigenvalue weighted by Crippen LogP contribution is 2.36. The second-order valence-electron chi connectivity index (χ2n) is 4.19. The Morgan fingerprint density at radius 2 is 1.74 bits per heavy atom. The molecule has 0 aliphatic carbocycles. The molecule has 19 heavy (non-hydrogen) atoms. The van der Waals surface area contributed by atoms with E-state index in [1.165, 1.54) is 14.0 Å². The molecule has 0 fully saturated rings. The van der Waals surface area contributed by atoms with Gasteiger partial charge in [0.1, 0.15) is 24.0 Å². The van der Waals surface area contributed by atoms with Crippen molar-refractivity contribution in [1.82, 2.24) is 0 Å². The molecule has 1 aromatic carbocycles. The minimum absolute atomic E-state index is 0.173. The molecule has 96 valence electrons. The summed E-state index contributed by atoms with van der Waals surface area (Å²) in [7, 11) is 1.43. The van der Waals surface area contributed by atoms with Crippen LogP contribution in [-0.2, 0) is 5.41 Å². The molecule has 0 saturated carbocycles. The maximum absolute atomic E-state index is 9.85. The van der Waals surface area contributed by atoms with Crippen LogP contribution >= 0.6 is 0 Å². The monoisotopic (exact) mass is 255 g/mol. The Morgan fingerprint density at radius 3 is 2.11 bits per heavy atom. The van der Waals surface area contributed by atoms with Gasteiger partial charge in [-0.2, -0.15) is 15.8 Å². The number of aliphatic hydroxyl groups excluding tert-OH is 1. The van der Waals surface area contributed by atoms with Gasteiger partial charge in [-0.05, 0) is 25.5 Å². The zero-order chi connectivity index (χ0) is 14.6. The van der Waals surface area contributed by atoms with Gasteiger partial charge in [0.15, 0.2) is 0 Å². The summed E-state index contributed by atoms with van der Waals surface area (Å²) in [6.07, 6.45) is -0.958. The van der Waals surface area contributed by atoms with Gasteiger partial charge in [0.2, 0.25) is 0 Å². The largest absolute Gasteiger partial charge is 0.496 e. The summed E-state index contributed by atoms with van der Waals surface area (Å²) in [6.45, 7) is 3.25. The number of hydrogen-bond acceptors (Lipinski definition) is 5. The van der Waals surface area contributed by atoms with Crippen LogP contribution in [0.3, 0.4) is 0 Å². The van der Waals surface area contributed by atoms with Crippen molar-refractivity contribution in [3.8, 4) is 24.0 Å². The lowest BCUT2D eigenvalue weighted by molar-refractivity contribution is 0.192. The molecular formula is C14H13N3O2. The Morgan fingerprint density at radius 1 is 1.21 bits per heavy atom. The quantitative estimate of drug-likeness (QED) is 0.888. The first-order valence-corrected chi connectivity index (χ1v) is 5.56. The molecular weight excluding hydrogens is 242 g/mol. The van der Waals surface area contributed by atoms with Crippen LogP contribution in [0.2, 0.25) is 0 Å². The predicted octanol–water partition coefficient (Wildman–Crippen LogP) is 1.87. The second kappa shape index (κ2) is 5.40. The summed E-state index contributed by atoms with van der Waals surface area (Å²) in [5.74, 6) is 0.357. The van der Waals surface area contributed by atoms with Gasteiger partial charge in [-0.3, -0.25) is 0 Å². The highest BCUT2D eigenvalue weighted by atomic mass is 16.5. The van der Waals surface area contributed by atoms with Crippen molar-refractivity contribution in [2.75, 3.05) is 7.11 Å². The van der Waals surface area contributed by atoms with Gasteiger partial charge in [-0.1, -0.05) is 6.07 Å². The number of benzene rings is 1. The van der Waals surface area contributed by atoms with E-state index in [9.17, 15) is 20.9 Å². The number of methoxy groups -OCH3 is 1. The van der Waals surface area contributed by atoms with E-state index < -0.39 is 11.5 Å². The molecule has 1 atom stereocenters. The lowest BCUT2D eigenvalue weighted by Gasteiger charge is -2.21. The third-order valence-corrected chi connectivity index (χ3v) is 2.83. The first-order chi connectivity index (χ1) is 8.95. The molecule has 1 N–H and O–H groups in total. The van der Waals surface area contributed by atoms with E-state index in [4.69, 9.17) is 4.74 Å². The van der Waals surface area contributed by atoms with Crippen LogP contribution < -0.4 is 4.74 Å². The Bertz CT molecular complexity index is 579. The second-order valence-corrected chi connectivity index (χ2v) is 4.19. The molecule has 0 unspecified atom stereocenters. The lowest BCUT2D eigenvalue weighted by atomic mass is 9.79. The summed E-state index contributed by atoms with van der Waals surface area (Å²) in [5, 5.41) is 37.4. The predicted molar refractivity (Wildman–Crippen MR) is 66.9 cm³/mol. The number of nitrogens with zero attached hydrogens (tertiary/aromatic N) is 3. The molecule has 0 aliphatic heterocycles. The van der Waals surface area contributed by atoms with Crippen LogP contribution in [0, 0.1) is 40.9 Å². The van der Waals surface area contributed by atoms with E-state index in [0.29, 0.717) is 5.75 Å². The van der Waals surface area contributed by atoms with Crippen molar-refractivity contribution >= 4 is 0 Å². The Kier molecular flexibility index (Phi) is 4.12. The number of ether oxygens (including phenoxy) is 1. The van der Waals surface area contributed by atoms with E-state index >= 15 is 0 Å². The van der Waals surface area contributed by atoms with Crippen molar-refractivity contribution in [2.45, 2.75) is 25.4 Å². The van der Waals surface area contributed by atoms with Crippen LogP contribution in [0.25, 0.3) is 0 Å². The maximum Gasteiger partial charge on any atom is 0.254 e. The molecule has 5 heteroatoms. The van der Waals surface area contributed by atoms with Gasteiger partial charge < -0.3 is 9.84 Å². The minimum atomic E-state index is -1.95. The molecule has 1 aromatic rings. The van der Waals surface area contributed by atoms with Crippen molar-refractivity contribution in [2.24, 2.45) is 0 Å². The number of hydrogen-bond donors (Lipinski definition) is 1. The summed E-state index contributed by atoms with van der Waals surface area (Å²) in [6, 6.07) is 8.39. The third kappa shape index (κ3) is 2.36. The zero-order valence-electron chi connectivity index (χ0n) is 10.9. The van der Waals surface area contributed by atoms with Crippen molar-refractivity contribution in [3.05, 3.63) is 28.8 Å². The van der Waals surface area contributed by atoms with Crippen LogP contribution in [-0.4, -0.2) is 12.2 Å². The first-order valence-electron chi connectivity index (χ1n) is 5.56. The molecule has 0 amide bonds. The summed E-state index contributed by atoms with van der Waals surface area (Å²) in [4.78, 5) is 0. The fraction of sp³-hybridized carbons (Fsp3) is 0.357. The standard InChI is InChI=1S/C14H13N3O2/c1-9-4-11(14(6-15,7-16)8-17)13(10(2)18)12(5-9)19-3/h4-5,10,18H,1-3H3/t10-/m0/s1. The lowest BCUT2D eigenvalue weighted by Crippen LogP contribution is -2.23. The molecule has 0 saturated heterocycles. The fourth-order valence-corrected chi connectivity index (χ4v) is 1.93. The van der Waals surface area contributed by atoms with Gasteiger partial charge in [0, 0.05) is 11.1 Å². The molecule has 0 radical (unpaired) electrons. The minimum Gasteiger partial charge on any atom is -0.496 e. The fourth-order valence-electron chi connectivity index (χ4n) is 1.93. The number of aryl methyl sites for hydroxylation is 1. The SMILES string of the molecule is COc1cc(C)cc(C(C#N)(C#N)C#N)c1[C@H](C)O. The highest BCUT2D eigenvalue weighted by molar-refractivity contribution is 5.57. The van der Waals surface area contributed by atoms with E-state index in [1.807, 2.05) is 0 Å². The topological polar surface area (TPSA) is 101 Å². The molecule has 0 aliphatic rings. The molecule has 0 spiro atoms. The van der Waals surface area contributed by atoms with E-state index in [1.54, 1.807) is 37.3 Å². The highest BCUT2D eigenvalue weighted by Gasteiger charge is 2.37. The van der Waals surface area contributed by atoms with Crippen molar-refractivity contribution < 1.29 is 9.84 Å². The van der Waals surface area contributed by atoms with E-state index in [0.717, 1.165) is 5.56 Å². The summed E-state index contributed by atoms with van der Waals surface area (Å²) < 4.78 is 5.17. The van der Waals surface area contributed by atoms with Crippen LogP contribution in [0.4, 0.5) is 0 Å². The van der Waals surface area contributed by atoms with Gasteiger partial charge in [0.25, 0.3) is 5.41 Å². The van der Waals surface area contributed by atoms with E-state index in [2.05, 4.69) is 0 Å². The molecule has 0 heterocycles. The maximum atomic E-state index is 9.85. The van der Waals surface area contributed by atoms with Crippen molar-refractivity contribution in [3.63, 3.8) is 0 Å². The number of rotatable bonds is 3. The first kappa shape index (κ1) is 14.5. The smallest absolute Gasteiger partial charge is 0.254 e. The van der Waals surface area contributed by atoms with Gasteiger partial charge in [-0.25, -0.2) is 0 Å².